The molecule has 100 valence electrons. The van der Waals surface area contributed by atoms with Crippen LogP contribution in [0.1, 0.15) is 32.4 Å². The van der Waals surface area contributed by atoms with Gasteiger partial charge in [0.2, 0.25) is 0 Å². The van der Waals surface area contributed by atoms with Crippen LogP contribution in [0.4, 0.5) is 4.79 Å². The van der Waals surface area contributed by atoms with Gasteiger partial charge in [0.1, 0.15) is 5.76 Å². The Morgan fingerprint density at radius 1 is 1.67 bits per heavy atom. The van der Waals surface area contributed by atoms with Crippen LogP contribution in [0.25, 0.3) is 0 Å². The van der Waals surface area contributed by atoms with E-state index in [-0.39, 0.29) is 12.1 Å². The normalized spacial score (nSPS) is 21.7. The number of rotatable bonds is 3. The highest BCUT2D eigenvalue weighted by Gasteiger charge is 2.21. The van der Waals surface area contributed by atoms with Crippen LogP contribution in [0.2, 0.25) is 0 Å². The number of nitrogens with zero attached hydrogens (tertiary/aromatic N) is 1. The number of likely N-dealkylation sites (tertiary alicyclic amines) is 1. The Hall–Kier alpha value is -1.45. The number of hydrogen-bond acceptors (Lipinski definition) is 2. The fourth-order valence-electron chi connectivity index (χ4n) is 2.46. The minimum Gasteiger partial charge on any atom is -0.469 e. The summed E-state index contributed by atoms with van der Waals surface area (Å²) < 4.78 is 5.28. The lowest BCUT2D eigenvalue weighted by Gasteiger charge is -2.31. The average molecular weight is 250 g/mol. The Morgan fingerprint density at radius 2 is 2.50 bits per heavy atom. The fraction of sp³-hybridized carbons (Fsp3) is 0.643. The molecule has 0 saturated carbocycles. The van der Waals surface area contributed by atoms with Gasteiger partial charge in [0.05, 0.1) is 6.26 Å². The number of piperidine rings is 1. The fourth-order valence-corrected chi connectivity index (χ4v) is 2.46. The molecular weight excluding hydrogens is 228 g/mol. The molecule has 18 heavy (non-hydrogen) atoms. The highest BCUT2D eigenvalue weighted by Crippen LogP contribution is 2.15. The third kappa shape index (κ3) is 3.52. The quantitative estimate of drug-likeness (QED) is 0.896. The van der Waals surface area contributed by atoms with E-state index in [1.807, 2.05) is 24.0 Å². The van der Waals surface area contributed by atoms with Gasteiger partial charge in [0, 0.05) is 25.6 Å². The smallest absolute Gasteiger partial charge is 0.317 e. The minimum atomic E-state index is 0.0561. The van der Waals surface area contributed by atoms with Gasteiger partial charge in [-0.25, -0.2) is 4.79 Å². The molecule has 0 radical (unpaired) electrons. The van der Waals surface area contributed by atoms with Crippen LogP contribution in [-0.2, 0) is 6.42 Å². The number of nitrogens with one attached hydrogen (secondary N) is 1. The molecule has 0 bridgehead atoms. The van der Waals surface area contributed by atoms with E-state index >= 15 is 0 Å². The molecular formula is C14H22N2O2. The molecule has 1 aliphatic heterocycles. The van der Waals surface area contributed by atoms with E-state index < -0.39 is 0 Å². The standard InChI is InChI=1S/C14H22N2O2/c1-11-5-3-7-16(10-11)14(17)15-12(2)9-13-6-4-8-18-13/h4,6,8,11-12H,3,5,7,9-10H2,1-2H3,(H,15,17). The largest absolute Gasteiger partial charge is 0.469 e. The summed E-state index contributed by atoms with van der Waals surface area (Å²) >= 11 is 0. The second-order valence-corrected chi connectivity index (χ2v) is 5.33. The average Bonchev–Trinajstić information content (AvgIpc) is 2.81. The molecule has 1 aliphatic rings. The van der Waals surface area contributed by atoms with Gasteiger partial charge in [0.25, 0.3) is 0 Å². The van der Waals surface area contributed by atoms with E-state index in [1.165, 1.54) is 6.42 Å². The van der Waals surface area contributed by atoms with Gasteiger partial charge in [0.15, 0.2) is 0 Å². The third-order valence-corrected chi connectivity index (χ3v) is 3.40. The summed E-state index contributed by atoms with van der Waals surface area (Å²) in [7, 11) is 0. The first-order valence-electron chi connectivity index (χ1n) is 6.73. The summed E-state index contributed by atoms with van der Waals surface area (Å²) in [6, 6.07) is 3.96. The second kappa shape index (κ2) is 5.94. The van der Waals surface area contributed by atoms with E-state index in [9.17, 15) is 4.79 Å². The SMILES string of the molecule is CC1CCCN(C(=O)NC(C)Cc2ccco2)C1. The Bertz CT molecular complexity index is 375. The number of amides is 2. The van der Waals surface area contributed by atoms with Crippen LogP contribution in [0.15, 0.2) is 22.8 Å². The molecule has 1 saturated heterocycles. The topological polar surface area (TPSA) is 45.5 Å². The number of carbonyl (C=O) groups is 1. The maximum Gasteiger partial charge on any atom is 0.317 e. The molecule has 2 heterocycles. The molecule has 1 fully saturated rings. The van der Waals surface area contributed by atoms with Crippen molar-refractivity contribution in [1.29, 1.82) is 0 Å². The molecule has 1 aromatic heterocycles. The Morgan fingerprint density at radius 3 is 3.17 bits per heavy atom. The summed E-state index contributed by atoms with van der Waals surface area (Å²) in [4.78, 5) is 14.0. The molecule has 4 nitrogen and oxygen atoms in total. The summed E-state index contributed by atoms with van der Waals surface area (Å²) in [5, 5.41) is 3.04. The van der Waals surface area contributed by atoms with Gasteiger partial charge >= 0.3 is 6.03 Å². The summed E-state index contributed by atoms with van der Waals surface area (Å²) in [6.07, 6.45) is 4.74. The van der Waals surface area contributed by atoms with Crippen molar-refractivity contribution < 1.29 is 9.21 Å². The van der Waals surface area contributed by atoms with Gasteiger partial charge in [-0.2, -0.15) is 0 Å². The number of urea groups is 1. The van der Waals surface area contributed by atoms with Crippen LogP contribution in [0, 0.1) is 5.92 Å². The van der Waals surface area contributed by atoms with Crippen LogP contribution in [0.5, 0.6) is 0 Å². The first-order chi connectivity index (χ1) is 8.65. The predicted molar refractivity (Wildman–Crippen MR) is 70.4 cm³/mol. The summed E-state index contributed by atoms with van der Waals surface area (Å²) in [6.45, 7) is 5.96. The van der Waals surface area contributed by atoms with E-state index in [0.29, 0.717) is 5.92 Å². The lowest BCUT2D eigenvalue weighted by molar-refractivity contribution is 0.166. The molecule has 1 aromatic rings. The predicted octanol–water partition coefficient (Wildman–Crippen LogP) is 2.65. The highest BCUT2D eigenvalue weighted by molar-refractivity contribution is 5.74. The van der Waals surface area contributed by atoms with Crippen LogP contribution in [0.3, 0.4) is 0 Å². The maximum atomic E-state index is 12.1. The molecule has 0 aliphatic carbocycles. The highest BCUT2D eigenvalue weighted by atomic mass is 16.3. The zero-order valence-electron chi connectivity index (χ0n) is 11.2. The Kier molecular flexibility index (Phi) is 4.28. The van der Waals surface area contributed by atoms with Crippen LogP contribution in [-0.4, -0.2) is 30.1 Å². The van der Waals surface area contributed by atoms with Crippen molar-refractivity contribution in [3.05, 3.63) is 24.2 Å². The van der Waals surface area contributed by atoms with Crippen molar-refractivity contribution in [2.45, 2.75) is 39.2 Å². The summed E-state index contributed by atoms with van der Waals surface area (Å²) in [5.41, 5.74) is 0. The molecule has 2 unspecified atom stereocenters. The number of carbonyl (C=O) groups excluding carboxylic acids is 1. The zero-order valence-corrected chi connectivity index (χ0v) is 11.2. The van der Waals surface area contributed by atoms with E-state index in [2.05, 4.69) is 12.2 Å². The molecule has 1 N–H and O–H groups in total. The van der Waals surface area contributed by atoms with E-state index in [4.69, 9.17) is 4.42 Å². The van der Waals surface area contributed by atoms with Crippen molar-refractivity contribution in [2.24, 2.45) is 5.92 Å². The monoisotopic (exact) mass is 250 g/mol. The number of hydrogen-bond donors (Lipinski definition) is 1. The van der Waals surface area contributed by atoms with Gasteiger partial charge < -0.3 is 14.6 Å². The molecule has 0 aromatic carbocycles. The zero-order chi connectivity index (χ0) is 13.0. The molecule has 2 atom stereocenters. The van der Waals surface area contributed by atoms with Crippen molar-refractivity contribution in [3.63, 3.8) is 0 Å². The molecule has 2 rings (SSSR count). The Labute approximate surface area is 108 Å². The van der Waals surface area contributed by atoms with Gasteiger partial charge in [-0.1, -0.05) is 6.92 Å². The maximum absolute atomic E-state index is 12.1. The molecule has 0 spiro atoms. The van der Waals surface area contributed by atoms with E-state index in [0.717, 1.165) is 31.7 Å². The van der Waals surface area contributed by atoms with E-state index in [1.54, 1.807) is 6.26 Å². The van der Waals surface area contributed by atoms with Crippen molar-refractivity contribution in [2.75, 3.05) is 13.1 Å². The first kappa shape index (κ1) is 13.0. The minimum absolute atomic E-state index is 0.0561. The van der Waals surface area contributed by atoms with Crippen molar-refractivity contribution in [3.8, 4) is 0 Å². The lowest BCUT2D eigenvalue weighted by Crippen LogP contribution is -2.48. The molecule has 2 amide bonds. The van der Waals surface area contributed by atoms with Gasteiger partial charge in [-0.05, 0) is 37.8 Å². The Balaban J connectivity index is 1.79. The first-order valence-corrected chi connectivity index (χ1v) is 6.73. The van der Waals surface area contributed by atoms with Crippen LogP contribution >= 0.6 is 0 Å². The van der Waals surface area contributed by atoms with Crippen LogP contribution < -0.4 is 5.32 Å². The number of furan rings is 1. The van der Waals surface area contributed by atoms with Gasteiger partial charge in [-0.3, -0.25) is 0 Å². The van der Waals surface area contributed by atoms with Crippen molar-refractivity contribution >= 4 is 6.03 Å². The lowest BCUT2D eigenvalue weighted by atomic mass is 10.0. The van der Waals surface area contributed by atoms with Crippen molar-refractivity contribution in [1.82, 2.24) is 10.2 Å². The summed E-state index contributed by atoms with van der Waals surface area (Å²) in [5.74, 6) is 1.53. The third-order valence-electron chi connectivity index (χ3n) is 3.40. The molecule has 4 heteroatoms. The second-order valence-electron chi connectivity index (χ2n) is 5.33. The van der Waals surface area contributed by atoms with Gasteiger partial charge in [-0.15, -0.1) is 0 Å².